The lowest BCUT2D eigenvalue weighted by molar-refractivity contribution is 0.103. The molecule has 1 heterocycles. The average Bonchev–Trinajstić information content (AvgIpc) is 2.75. The SMILES string of the molecule is COc1cc(C(=O)c2ccn(C)n2)ccc1C. The minimum Gasteiger partial charge on any atom is -0.496 e. The number of ether oxygens (including phenoxy) is 1. The molecule has 0 radical (unpaired) electrons. The van der Waals surface area contributed by atoms with E-state index in [2.05, 4.69) is 5.10 Å². The second-order valence-electron chi connectivity index (χ2n) is 3.89. The molecule has 0 atom stereocenters. The summed E-state index contributed by atoms with van der Waals surface area (Å²) in [5.41, 5.74) is 2.04. The quantitative estimate of drug-likeness (QED) is 0.757. The van der Waals surface area contributed by atoms with Gasteiger partial charge in [0.05, 0.1) is 7.11 Å². The molecule has 0 aliphatic carbocycles. The molecule has 0 unspecified atom stereocenters. The molecule has 2 rings (SSSR count). The number of carbonyl (C=O) groups excluding carboxylic acids is 1. The minimum absolute atomic E-state index is 0.0936. The van der Waals surface area contributed by atoms with E-state index in [1.54, 1.807) is 43.2 Å². The zero-order valence-electron chi connectivity index (χ0n) is 10.1. The maximum atomic E-state index is 12.1. The van der Waals surface area contributed by atoms with E-state index in [-0.39, 0.29) is 5.78 Å². The van der Waals surface area contributed by atoms with Crippen LogP contribution >= 0.6 is 0 Å². The number of aryl methyl sites for hydroxylation is 2. The maximum absolute atomic E-state index is 12.1. The summed E-state index contributed by atoms with van der Waals surface area (Å²) in [5.74, 6) is 0.621. The van der Waals surface area contributed by atoms with E-state index in [1.165, 1.54) is 0 Å². The summed E-state index contributed by atoms with van der Waals surface area (Å²) in [6.45, 7) is 1.94. The molecule has 0 amide bonds. The molecule has 2 aromatic rings. The number of aromatic nitrogens is 2. The molecule has 0 N–H and O–H groups in total. The fourth-order valence-corrected chi connectivity index (χ4v) is 1.65. The summed E-state index contributed by atoms with van der Waals surface area (Å²) >= 11 is 0. The van der Waals surface area contributed by atoms with Crippen molar-refractivity contribution < 1.29 is 9.53 Å². The summed E-state index contributed by atoms with van der Waals surface area (Å²) in [5, 5.41) is 4.09. The minimum atomic E-state index is -0.0936. The van der Waals surface area contributed by atoms with Gasteiger partial charge in [0.15, 0.2) is 0 Å². The van der Waals surface area contributed by atoms with E-state index in [1.807, 2.05) is 13.0 Å². The molecule has 4 nitrogen and oxygen atoms in total. The van der Waals surface area contributed by atoms with E-state index in [4.69, 9.17) is 4.74 Å². The summed E-state index contributed by atoms with van der Waals surface area (Å²) in [7, 11) is 3.38. The van der Waals surface area contributed by atoms with Gasteiger partial charge in [-0.05, 0) is 24.6 Å². The van der Waals surface area contributed by atoms with Crippen LogP contribution in [0.5, 0.6) is 5.75 Å². The van der Waals surface area contributed by atoms with Gasteiger partial charge >= 0.3 is 0 Å². The highest BCUT2D eigenvalue weighted by Crippen LogP contribution is 2.20. The highest BCUT2D eigenvalue weighted by atomic mass is 16.5. The van der Waals surface area contributed by atoms with Crippen LogP contribution in [0.2, 0.25) is 0 Å². The molecule has 4 heteroatoms. The summed E-state index contributed by atoms with van der Waals surface area (Å²) < 4.78 is 6.81. The van der Waals surface area contributed by atoms with Crippen molar-refractivity contribution in [3.05, 3.63) is 47.3 Å². The number of hydrogen-bond donors (Lipinski definition) is 0. The van der Waals surface area contributed by atoms with Crippen molar-refractivity contribution in [1.82, 2.24) is 9.78 Å². The topological polar surface area (TPSA) is 44.1 Å². The molecular formula is C13H14N2O2. The summed E-state index contributed by atoms with van der Waals surface area (Å²) in [4.78, 5) is 12.1. The molecule has 0 saturated carbocycles. The molecule has 0 bridgehead atoms. The third-order valence-electron chi connectivity index (χ3n) is 2.62. The highest BCUT2D eigenvalue weighted by molar-refractivity contribution is 6.07. The maximum Gasteiger partial charge on any atom is 0.213 e. The Morgan fingerprint density at radius 2 is 2.12 bits per heavy atom. The fraction of sp³-hybridized carbons (Fsp3) is 0.231. The first-order valence-corrected chi connectivity index (χ1v) is 5.31. The Morgan fingerprint density at radius 1 is 1.35 bits per heavy atom. The standard InChI is InChI=1S/C13H14N2O2/c1-9-4-5-10(8-12(9)17-3)13(16)11-6-7-15(2)14-11/h4-8H,1-3H3. The van der Waals surface area contributed by atoms with E-state index in [9.17, 15) is 4.79 Å². The monoisotopic (exact) mass is 230 g/mol. The predicted molar refractivity (Wildman–Crippen MR) is 64.4 cm³/mol. The zero-order chi connectivity index (χ0) is 12.4. The number of rotatable bonds is 3. The molecule has 0 spiro atoms. The van der Waals surface area contributed by atoms with Gasteiger partial charge in [-0.25, -0.2) is 0 Å². The summed E-state index contributed by atoms with van der Waals surface area (Å²) in [6, 6.07) is 7.10. The van der Waals surface area contributed by atoms with E-state index < -0.39 is 0 Å². The molecular weight excluding hydrogens is 216 g/mol. The van der Waals surface area contributed by atoms with Crippen LogP contribution in [0.1, 0.15) is 21.6 Å². The first kappa shape index (κ1) is 11.4. The van der Waals surface area contributed by atoms with Crippen molar-refractivity contribution in [2.45, 2.75) is 6.92 Å². The second-order valence-corrected chi connectivity index (χ2v) is 3.89. The van der Waals surface area contributed by atoms with Gasteiger partial charge in [0.2, 0.25) is 5.78 Å². The largest absolute Gasteiger partial charge is 0.496 e. The van der Waals surface area contributed by atoms with Gasteiger partial charge in [0, 0.05) is 18.8 Å². The van der Waals surface area contributed by atoms with Crippen LogP contribution in [0.4, 0.5) is 0 Å². The molecule has 0 saturated heterocycles. The van der Waals surface area contributed by atoms with Crippen molar-refractivity contribution in [3.8, 4) is 5.75 Å². The van der Waals surface area contributed by atoms with Crippen LogP contribution in [-0.4, -0.2) is 22.7 Å². The van der Waals surface area contributed by atoms with E-state index >= 15 is 0 Å². The molecule has 88 valence electrons. The van der Waals surface area contributed by atoms with Crippen molar-refractivity contribution >= 4 is 5.78 Å². The number of methoxy groups -OCH3 is 1. The zero-order valence-corrected chi connectivity index (χ0v) is 10.1. The van der Waals surface area contributed by atoms with Crippen LogP contribution in [0.25, 0.3) is 0 Å². The van der Waals surface area contributed by atoms with Crippen molar-refractivity contribution in [2.24, 2.45) is 7.05 Å². The van der Waals surface area contributed by atoms with Crippen molar-refractivity contribution in [1.29, 1.82) is 0 Å². The molecule has 0 aliphatic rings. The number of ketones is 1. The molecule has 0 fully saturated rings. The first-order chi connectivity index (χ1) is 8.11. The van der Waals surface area contributed by atoms with Gasteiger partial charge < -0.3 is 4.74 Å². The Balaban J connectivity index is 2.37. The lowest BCUT2D eigenvalue weighted by atomic mass is 10.1. The second kappa shape index (κ2) is 4.41. The number of nitrogens with zero attached hydrogens (tertiary/aromatic N) is 2. The van der Waals surface area contributed by atoms with Gasteiger partial charge in [0.1, 0.15) is 11.4 Å². The molecule has 1 aromatic heterocycles. The Labute approximate surface area is 99.8 Å². The Kier molecular flexibility index (Phi) is 2.95. The molecule has 0 aliphatic heterocycles. The normalized spacial score (nSPS) is 10.3. The Hall–Kier alpha value is -2.10. The average molecular weight is 230 g/mol. The van der Waals surface area contributed by atoms with Crippen LogP contribution in [0, 0.1) is 6.92 Å². The van der Waals surface area contributed by atoms with Crippen molar-refractivity contribution in [2.75, 3.05) is 7.11 Å². The Bertz CT molecular complexity index is 558. The lowest BCUT2D eigenvalue weighted by Crippen LogP contribution is -2.04. The van der Waals surface area contributed by atoms with Gasteiger partial charge in [0.25, 0.3) is 0 Å². The van der Waals surface area contributed by atoms with Crippen LogP contribution in [0.3, 0.4) is 0 Å². The first-order valence-electron chi connectivity index (χ1n) is 5.31. The number of hydrogen-bond acceptors (Lipinski definition) is 3. The van der Waals surface area contributed by atoms with Gasteiger partial charge in [-0.3, -0.25) is 9.48 Å². The smallest absolute Gasteiger partial charge is 0.213 e. The van der Waals surface area contributed by atoms with Gasteiger partial charge in [-0.1, -0.05) is 12.1 Å². The summed E-state index contributed by atoms with van der Waals surface area (Å²) in [6.07, 6.45) is 1.75. The highest BCUT2D eigenvalue weighted by Gasteiger charge is 2.13. The third kappa shape index (κ3) is 2.20. The van der Waals surface area contributed by atoms with E-state index in [0.29, 0.717) is 17.0 Å². The predicted octanol–water partition coefficient (Wildman–Crippen LogP) is 1.97. The van der Waals surface area contributed by atoms with Gasteiger partial charge in [-0.2, -0.15) is 5.10 Å². The molecule has 17 heavy (non-hydrogen) atoms. The lowest BCUT2D eigenvalue weighted by Gasteiger charge is -2.05. The van der Waals surface area contributed by atoms with E-state index in [0.717, 1.165) is 5.56 Å². The Morgan fingerprint density at radius 3 is 2.71 bits per heavy atom. The van der Waals surface area contributed by atoms with Gasteiger partial charge in [-0.15, -0.1) is 0 Å². The fourth-order valence-electron chi connectivity index (χ4n) is 1.65. The van der Waals surface area contributed by atoms with Crippen LogP contribution in [-0.2, 0) is 7.05 Å². The molecule has 1 aromatic carbocycles. The van der Waals surface area contributed by atoms with Crippen LogP contribution in [0.15, 0.2) is 30.5 Å². The van der Waals surface area contributed by atoms with Crippen LogP contribution < -0.4 is 4.74 Å². The number of benzene rings is 1. The third-order valence-corrected chi connectivity index (χ3v) is 2.62. The van der Waals surface area contributed by atoms with Crippen molar-refractivity contribution in [3.63, 3.8) is 0 Å². The number of carbonyl (C=O) groups is 1.